The maximum Gasteiger partial charge on any atom is 0.222 e. The van der Waals surface area contributed by atoms with Gasteiger partial charge in [-0.3, -0.25) is 8.41 Å². The Morgan fingerprint density at radius 2 is 1.24 bits per heavy atom. The summed E-state index contributed by atoms with van der Waals surface area (Å²) in [4.78, 5) is 0. The molecule has 0 spiro atoms. The quantitative estimate of drug-likeness (QED) is 0.353. The van der Waals surface area contributed by atoms with Crippen LogP contribution in [0.15, 0.2) is 14.9 Å². The SMILES string of the molecule is CCN1N=NN([Si](C)(C)C)P1(=N[Si](C)(C)C)N([Si](C)(C)C)[Si](C)(C)C. The third-order valence-corrected chi connectivity index (χ3v) is 24.9. The van der Waals surface area contributed by atoms with E-state index < -0.39 is 40.4 Å². The zero-order valence-electron chi connectivity index (χ0n) is 18.8. The van der Waals surface area contributed by atoms with E-state index in [1.54, 1.807) is 0 Å². The minimum atomic E-state index is -2.12. The van der Waals surface area contributed by atoms with E-state index in [0.717, 1.165) is 6.54 Å². The second-order valence-electron chi connectivity index (χ2n) is 10.8. The van der Waals surface area contributed by atoms with Crippen molar-refractivity contribution < 1.29 is 0 Å². The van der Waals surface area contributed by atoms with Crippen LogP contribution in [0.4, 0.5) is 0 Å². The first-order valence-electron chi connectivity index (χ1n) is 9.32. The van der Waals surface area contributed by atoms with Gasteiger partial charge in [-0.2, -0.15) is 0 Å². The van der Waals surface area contributed by atoms with Crippen LogP contribution < -0.4 is 0 Å². The van der Waals surface area contributed by atoms with Crippen molar-refractivity contribution in [2.75, 3.05) is 6.54 Å². The third kappa shape index (κ3) is 4.95. The highest BCUT2D eigenvalue weighted by atomic mass is 31.2. The molecule has 1 aliphatic rings. The van der Waals surface area contributed by atoms with Gasteiger partial charge >= 0.3 is 0 Å². The first-order chi connectivity index (χ1) is 10.9. The molecule has 0 saturated carbocycles. The molecule has 0 aromatic carbocycles. The zero-order valence-corrected chi connectivity index (χ0v) is 23.7. The molecule has 1 heterocycles. The fourth-order valence-electron chi connectivity index (χ4n) is 3.62. The molecule has 0 amide bonds. The molecule has 0 N–H and O–H groups in total. The van der Waals surface area contributed by atoms with Crippen LogP contribution in [0.2, 0.25) is 78.6 Å². The van der Waals surface area contributed by atoms with Crippen molar-refractivity contribution in [2.45, 2.75) is 85.5 Å². The second kappa shape index (κ2) is 7.01. The van der Waals surface area contributed by atoms with Crippen molar-refractivity contribution in [3.63, 3.8) is 0 Å². The highest BCUT2D eigenvalue weighted by Gasteiger charge is 2.56. The van der Waals surface area contributed by atoms with Gasteiger partial charge < -0.3 is 0 Å². The topological polar surface area (TPSA) is 46.8 Å². The third-order valence-electron chi connectivity index (χ3n) is 3.65. The lowest BCUT2D eigenvalue weighted by atomic mass is 10.8. The molecule has 1 rings (SSSR count). The van der Waals surface area contributed by atoms with E-state index in [0.29, 0.717) is 0 Å². The summed E-state index contributed by atoms with van der Waals surface area (Å²) < 4.78 is 13.3. The fraction of sp³-hybridized carbons (Fsp3) is 1.00. The molecule has 0 radical (unpaired) electrons. The average Bonchev–Trinajstić information content (AvgIpc) is 2.59. The van der Waals surface area contributed by atoms with E-state index in [9.17, 15) is 0 Å². The first kappa shape index (κ1) is 23.3. The van der Waals surface area contributed by atoms with Gasteiger partial charge in [0.25, 0.3) is 0 Å². The predicted molar refractivity (Wildman–Crippen MR) is 124 cm³/mol. The molecule has 0 aromatic heterocycles. The van der Waals surface area contributed by atoms with Crippen molar-refractivity contribution >= 4 is 40.4 Å². The molecule has 0 saturated heterocycles. The largest absolute Gasteiger partial charge is 0.290 e. The van der Waals surface area contributed by atoms with Gasteiger partial charge in [-0.1, -0.05) is 44.5 Å². The Balaban J connectivity index is 3.97. The Bertz CT molecular complexity index is 554. The lowest BCUT2D eigenvalue weighted by molar-refractivity contribution is 0.483. The Hall–Kier alpha value is 0.258. The highest BCUT2D eigenvalue weighted by Crippen LogP contribution is 2.68. The molecule has 0 bridgehead atoms. The summed E-state index contributed by atoms with van der Waals surface area (Å²) in [6, 6.07) is 0. The van der Waals surface area contributed by atoms with E-state index in [1.165, 1.54) is 0 Å². The van der Waals surface area contributed by atoms with Gasteiger partial charge in [0.1, 0.15) is 16.5 Å². The molecule has 0 aromatic rings. The van der Waals surface area contributed by atoms with Crippen LogP contribution in [-0.4, -0.2) is 52.7 Å². The highest BCUT2D eigenvalue weighted by molar-refractivity contribution is 7.66. The van der Waals surface area contributed by atoms with Crippen LogP contribution in [0.3, 0.4) is 0 Å². The van der Waals surface area contributed by atoms with Crippen molar-refractivity contribution in [1.82, 2.24) is 13.2 Å². The van der Waals surface area contributed by atoms with Crippen molar-refractivity contribution in [3.8, 4) is 0 Å². The molecule has 11 heteroatoms. The van der Waals surface area contributed by atoms with E-state index in [-0.39, 0.29) is 0 Å². The summed E-state index contributed by atoms with van der Waals surface area (Å²) in [5.41, 5.74) is 0. The molecule has 1 unspecified atom stereocenters. The molecule has 6 nitrogen and oxygen atoms in total. The second-order valence-corrected chi connectivity index (χ2v) is 34.2. The zero-order chi connectivity index (χ0) is 20.1. The Morgan fingerprint density at radius 1 is 0.800 bits per heavy atom. The minimum absolute atomic E-state index is 0.873. The molecule has 0 fully saturated rings. The standard InChI is InChI=1S/C14H41N6PSi4/c1-14-18-15-16-19(23(5,6)7)21(18,17-22(2,3)4)20(24(8,9)10)25(11,12)13/h14H2,1-13H3. The van der Waals surface area contributed by atoms with Crippen LogP contribution in [0.25, 0.3) is 0 Å². The van der Waals surface area contributed by atoms with Gasteiger partial charge in [0, 0.05) is 6.54 Å². The summed E-state index contributed by atoms with van der Waals surface area (Å²) in [6.07, 6.45) is 0. The molecule has 1 atom stereocenters. The Labute approximate surface area is 160 Å². The van der Waals surface area contributed by atoms with Gasteiger partial charge in [-0.15, -0.1) is 0 Å². The van der Waals surface area contributed by atoms with Crippen LogP contribution in [0.1, 0.15) is 6.92 Å². The first-order valence-corrected chi connectivity index (χ1v) is 24.7. The van der Waals surface area contributed by atoms with Gasteiger partial charge in [-0.25, -0.2) is 9.22 Å². The Morgan fingerprint density at radius 3 is 1.52 bits per heavy atom. The predicted octanol–water partition coefficient (Wildman–Crippen LogP) is 6.49. The maximum absolute atomic E-state index is 5.72. The van der Waals surface area contributed by atoms with E-state index >= 15 is 0 Å². The maximum atomic E-state index is 5.72. The lowest BCUT2D eigenvalue weighted by Crippen LogP contribution is -2.61. The summed E-state index contributed by atoms with van der Waals surface area (Å²) in [7, 11) is -8.84. The van der Waals surface area contributed by atoms with Gasteiger partial charge in [0.2, 0.25) is 7.51 Å². The average molecular weight is 437 g/mol. The normalized spacial score (nSPS) is 23.0. The Kier molecular flexibility index (Phi) is 6.53. The van der Waals surface area contributed by atoms with Gasteiger partial charge in [0.15, 0.2) is 16.5 Å². The minimum Gasteiger partial charge on any atom is -0.290 e. The van der Waals surface area contributed by atoms with Crippen LogP contribution in [-0.2, 0) is 0 Å². The lowest BCUT2D eigenvalue weighted by Gasteiger charge is -2.55. The smallest absolute Gasteiger partial charge is 0.222 e. The van der Waals surface area contributed by atoms with E-state index in [1.807, 2.05) is 0 Å². The monoisotopic (exact) mass is 436 g/mol. The van der Waals surface area contributed by atoms with Crippen LogP contribution >= 0.6 is 7.51 Å². The molecular formula is C14H41N6PSi4. The number of nitrogens with zero attached hydrogens (tertiary/aromatic N) is 6. The number of hydrogen-bond donors (Lipinski definition) is 0. The van der Waals surface area contributed by atoms with Crippen molar-refractivity contribution in [2.24, 2.45) is 14.9 Å². The number of hydrogen-bond acceptors (Lipinski definition) is 3. The van der Waals surface area contributed by atoms with Crippen molar-refractivity contribution in [1.29, 1.82) is 0 Å². The summed E-state index contributed by atoms with van der Waals surface area (Å²) in [5, 5.41) is 9.46. The van der Waals surface area contributed by atoms with E-state index in [2.05, 4.69) is 104 Å². The molecule has 1 aliphatic heterocycles. The summed E-state index contributed by atoms with van der Waals surface area (Å²) >= 11 is 0. The number of rotatable bonds is 6. The molecular weight excluding hydrogens is 396 g/mol. The fourth-order valence-corrected chi connectivity index (χ4v) is 30.7. The van der Waals surface area contributed by atoms with Crippen molar-refractivity contribution in [3.05, 3.63) is 0 Å². The molecule has 148 valence electrons. The van der Waals surface area contributed by atoms with Crippen LogP contribution in [0.5, 0.6) is 0 Å². The van der Waals surface area contributed by atoms with Gasteiger partial charge in [-0.05, 0) is 51.4 Å². The molecule has 25 heavy (non-hydrogen) atoms. The van der Waals surface area contributed by atoms with Crippen LogP contribution in [0, 0.1) is 0 Å². The summed E-state index contributed by atoms with van der Waals surface area (Å²) in [6.45, 7) is 32.1. The summed E-state index contributed by atoms with van der Waals surface area (Å²) in [5.74, 6) is 0. The van der Waals surface area contributed by atoms with Gasteiger partial charge in [0.05, 0.1) is 0 Å². The molecule has 0 aliphatic carbocycles. The van der Waals surface area contributed by atoms with E-state index in [4.69, 9.17) is 9.63 Å².